The van der Waals surface area contributed by atoms with Crippen LogP contribution < -0.4 is 10.5 Å². The molecule has 6 nitrogen and oxygen atoms in total. The molecule has 0 atom stereocenters. The summed E-state index contributed by atoms with van der Waals surface area (Å²) in [4.78, 5) is 21.7. The van der Waals surface area contributed by atoms with Crippen LogP contribution in [0.4, 0.5) is 5.13 Å². The molecule has 0 saturated carbocycles. The number of benzene rings is 1. The van der Waals surface area contributed by atoms with Crippen molar-refractivity contribution in [1.29, 1.82) is 0 Å². The summed E-state index contributed by atoms with van der Waals surface area (Å²) < 4.78 is 5.58. The fourth-order valence-corrected chi connectivity index (χ4v) is 3.37. The van der Waals surface area contributed by atoms with Gasteiger partial charge in [-0.2, -0.15) is 0 Å². The van der Waals surface area contributed by atoms with Crippen LogP contribution in [0.15, 0.2) is 30.5 Å². The molecule has 1 aliphatic rings. The van der Waals surface area contributed by atoms with E-state index in [0.717, 1.165) is 43.4 Å². The second-order valence-electron chi connectivity index (χ2n) is 5.92. The van der Waals surface area contributed by atoms with Gasteiger partial charge in [0, 0.05) is 43.8 Å². The molecule has 1 aromatic carbocycles. The first-order valence-electron chi connectivity index (χ1n) is 8.00. The van der Waals surface area contributed by atoms with Crippen LogP contribution in [0.25, 0.3) is 0 Å². The number of piperazine rings is 1. The molecule has 8 heteroatoms. The molecule has 1 aliphatic heterocycles. The SMILES string of the molecule is Cc1ccc(OCC(=O)N2CCN(Cc3cnc(N)s3)CC2)cc1.Cl. The molecule has 1 saturated heterocycles. The highest BCUT2D eigenvalue weighted by molar-refractivity contribution is 7.15. The maximum Gasteiger partial charge on any atom is 0.260 e. The van der Waals surface area contributed by atoms with Gasteiger partial charge in [-0.05, 0) is 19.1 Å². The first-order valence-corrected chi connectivity index (χ1v) is 8.81. The van der Waals surface area contributed by atoms with E-state index in [1.165, 1.54) is 16.9 Å². The molecular formula is C17H23ClN4O2S. The first kappa shape index (κ1) is 19.5. The molecule has 1 fully saturated rings. The summed E-state index contributed by atoms with van der Waals surface area (Å²) in [6.45, 7) is 6.12. The lowest BCUT2D eigenvalue weighted by atomic mass is 10.2. The molecule has 1 aromatic heterocycles. The highest BCUT2D eigenvalue weighted by Gasteiger charge is 2.21. The number of nitrogens with two attached hydrogens (primary N) is 1. The number of aryl methyl sites for hydroxylation is 1. The molecule has 0 unspecified atom stereocenters. The third kappa shape index (κ3) is 5.59. The first-order chi connectivity index (χ1) is 11.6. The number of carbonyl (C=O) groups excluding carboxylic acids is 1. The third-order valence-electron chi connectivity index (χ3n) is 4.06. The molecule has 136 valence electrons. The number of halogens is 1. The average molecular weight is 383 g/mol. The lowest BCUT2D eigenvalue weighted by Crippen LogP contribution is -2.49. The molecule has 0 aliphatic carbocycles. The molecular weight excluding hydrogens is 360 g/mol. The van der Waals surface area contributed by atoms with E-state index >= 15 is 0 Å². The summed E-state index contributed by atoms with van der Waals surface area (Å²) >= 11 is 1.52. The van der Waals surface area contributed by atoms with Gasteiger partial charge in [0.25, 0.3) is 5.91 Å². The number of nitrogen functional groups attached to an aromatic ring is 1. The Morgan fingerprint density at radius 1 is 1.24 bits per heavy atom. The van der Waals surface area contributed by atoms with Crippen molar-refractivity contribution in [3.63, 3.8) is 0 Å². The molecule has 2 aromatic rings. The van der Waals surface area contributed by atoms with Crippen molar-refractivity contribution < 1.29 is 9.53 Å². The van der Waals surface area contributed by atoms with Crippen LogP contribution in [-0.4, -0.2) is 53.5 Å². The van der Waals surface area contributed by atoms with Gasteiger partial charge in [-0.1, -0.05) is 17.7 Å². The summed E-state index contributed by atoms with van der Waals surface area (Å²) in [6, 6.07) is 7.73. The quantitative estimate of drug-likeness (QED) is 0.858. The molecule has 0 spiro atoms. The Bertz CT molecular complexity index is 684. The summed E-state index contributed by atoms with van der Waals surface area (Å²) in [7, 11) is 0. The number of anilines is 1. The number of hydrogen-bond acceptors (Lipinski definition) is 6. The van der Waals surface area contributed by atoms with E-state index in [-0.39, 0.29) is 24.9 Å². The zero-order chi connectivity index (χ0) is 16.9. The molecule has 3 rings (SSSR count). The monoisotopic (exact) mass is 382 g/mol. The number of aromatic nitrogens is 1. The largest absolute Gasteiger partial charge is 0.484 e. The van der Waals surface area contributed by atoms with Crippen LogP contribution in [0.2, 0.25) is 0 Å². The number of thiazole rings is 1. The summed E-state index contributed by atoms with van der Waals surface area (Å²) in [5.41, 5.74) is 6.83. The second kappa shape index (κ2) is 9.03. The van der Waals surface area contributed by atoms with Crippen molar-refractivity contribution in [2.45, 2.75) is 13.5 Å². The fourth-order valence-electron chi connectivity index (χ4n) is 2.64. The molecule has 2 heterocycles. The van der Waals surface area contributed by atoms with E-state index in [4.69, 9.17) is 10.5 Å². The van der Waals surface area contributed by atoms with Crippen LogP contribution in [-0.2, 0) is 11.3 Å². The van der Waals surface area contributed by atoms with E-state index in [9.17, 15) is 4.79 Å². The van der Waals surface area contributed by atoms with Gasteiger partial charge < -0.3 is 15.4 Å². The standard InChI is InChI=1S/C17H22N4O2S.ClH/c1-13-2-4-14(5-3-13)23-12-16(22)21-8-6-20(7-9-21)11-15-10-19-17(18)24-15;/h2-5,10H,6-9,11-12H2,1H3,(H2,18,19);1H. The minimum absolute atomic E-state index is 0. The third-order valence-corrected chi connectivity index (χ3v) is 4.87. The fraction of sp³-hybridized carbons (Fsp3) is 0.412. The predicted molar refractivity (Wildman–Crippen MR) is 102 cm³/mol. The van der Waals surface area contributed by atoms with Gasteiger partial charge in [0.15, 0.2) is 11.7 Å². The van der Waals surface area contributed by atoms with E-state index in [1.54, 1.807) is 0 Å². The average Bonchev–Trinajstić information content (AvgIpc) is 2.99. The molecule has 1 amide bonds. The molecule has 0 radical (unpaired) electrons. The Morgan fingerprint density at radius 2 is 1.92 bits per heavy atom. The van der Waals surface area contributed by atoms with E-state index in [1.807, 2.05) is 42.3 Å². The minimum atomic E-state index is 0. The molecule has 25 heavy (non-hydrogen) atoms. The Kier molecular flexibility index (Phi) is 7.04. The van der Waals surface area contributed by atoms with Gasteiger partial charge in [-0.15, -0.1) is 23.7 Å². The number of hydrogen-bond donors (Lipinski definition) is 1. The van der Waals surface area contributed by atoms with Crippen LogP contribution >= 0.6 is 23.7 Å². The van der Waals surface area contributed by atoms with Crippen molar-refractivity contribution >= 4 is 34.8 Å². The lowest BCUT2D eigenvalue weighted by Gasteiger charge is -2.34. The maximum absolute atomic E-state index is 12.3. The van der Waals surface area contributed by atoms with Gasteiger partial charge in [-0.3, -0.25) is 9.69 Å². The Hall–Kier alpha value is -1.83. The van der Waals surface area contributed by atoms with Gasteiger partial charge >= 0.3 is 0 Å². The van der Waals surface area contributed by atoms with Crippen molar-refractivity contribution in [2.24, 2.45) is 0 Å². The normalized spacial score (nSPS) is 14.8. The van der Waals surface area contributed by atoms with Crippen LogP contribution in [0.3, 0.4) is 0 Å². The van der Waals surface area contributed by atoms with Crippen LogP contribution in [0.5, 0.6) is 5.75 Å². The molecule has 2 N–H and O–H groups in total. The lowest BCUT2D eigenvalue weighted by molar-refractivity contribution is -0.135. The van der Waals surface area contributed by atoms with Crippen molar-refractivity contribution in [2.75, 3.05) is 38.5 Å². The maximum atomic E-state index is 12.3. The van der Waals surface area contributed by atoms with Crippen molar-refractivity contribution in [3.05, 3.63) is 40.9 Å². The van der Waals surface area contributed by atoms with Gasteiger partial charge in [0.05, 0.1) is 0 Å². The Balaban J connectivity index is 0.00000225. The summed E-state index contributed by atoms with van der Waals surface area (Å²) in [5, 5.41) is 0.604. The number of amides is 1. The van der Waals surface area contributed by atoms with Gasteiger partial charge in [0.2, 0.25) is 0 Å². The number of rotatable bonds is 5. The number of carbonyl (C=O) groups is 1. The van der Waals surface area contributed by atoms with E-state index in [2.05, 4.69) is 9.88 Å². The highest BCUT2D eigenvalue weighted by Crippen LogP contribution is 2.17. The van der Waals surface area contributed by atoms with Gasteiger partial charge in [-0.25, -0.2) is 4.98 Å². The van der Waals surface area contributed by atoms with Crippen molar-refractivity contribution in [1.82, 2.24) is 14.8 Å². The zero-order valence-corrected chi connectivity index (χ0v) is 15.8. The zero-order valence-electron chi connectivity index (χ0n) is 14.2. The van der Waals surface area contributed by atoms with Gasteiger partial charge in [0.1, 0.15) is 5.75 Å². The van der Waals surface area contributed by atoms with Crippen LogP contribution in [0, 0.1) is 6.92 Å². The smallest absolute Gasteiger partial charge is 0.260 e. The number of ether oxygens (including phenoxy) is 1. The Labute approximate surface area is 158 Å². The second-order valence-corrected chi connectivity index (χ2v) is 7.07. The molecule has 0 bridgehead atoms. The van der Waals surface area contributed by atoms with E-state index in [0.29, 0.717) is 5.13 Å². The van der Waals surface area contributed by atoms with E-state index < -0.39 is 0 Å². The van der Waals surface area contributed by atoms with Crippen LogP contribution in [0.1, 0.15) is 10.4 Å². The topological polar surface area (TPSA) is 71.7 Å². The number of nitrogens with zero attached hydrogens (tertiary/aromatic N) is 3. The Morgan fingerprint density at radius 3 is 2.52 bits per heavy atom. The highest BCUT2D eigenvalue weighted by atomic mass is 35.5. The summed E-state index contributed by atoms with van der Waals surface area (Å²) in [5.74, 6) is 0.771. The minimum Gasteiger partial charge on any atom is -0.484 e. The predicted octanol–water partition coefficient (Wildman–Crippen LogP) is 2.18. The summed E-state index contributed by atoms with van der Waals surface area (Å²) in [6.07, 6.45) is 1.83. The van der Waals surface area contributed by atoms with Crippen molar-refractivity contribution in [3.8, 4) is 5.75 Å².